The molecule has 0 bridgehead atoms. The number of hydrogen-bond donors (Lipinski definition) is 0. The van der Waals surface area contributed by atoms with Gasteiger partial charge in [0.1, 0.15) is 11.2 Å². The highest BCUT2D eigenvalue weighted by molar-refractivity contribution is 6.23. The van der Waals surface area contributed by atoms with Crippen LogP contribution in [-0.2, 0) is 0 Å². The van der Waals surface area contributed by atoms with Crippen molar-refractivity contribution in [1.82, 2.24) is 0 Å². The molecule has 0 unspecified atom stereocenters. The fourth-order valence-electron chi connectivity index (χ4n) is 10.3. The van der Waals surface area contributed by atoms with Crippen molar-refractivity contribution in [3.63, 3.8) is 0 Å². The molecule has 0 spiro atoms. The van der Waals surface area contributed by atoms with Crippen molar-refractivity contribution in [2.45, 2.75) is 0 Å². The van der Waals surface area contributed by atoms with E-state index in [1.54, 1.807) is 0 Å². The van der Waals surface area contributed by atoms with E-state index >= 15 is 0 Å². The third-order valence-corrected chi connectivity index (χ3v) is 13.3. The second kappa shape index (κ2) is 14.2. The van der Waals surface area contributed by atoms with Gasteiger partial charge >= 0.3 is 0 Å². The lowest BCUT2D eigenvalue weighted by atomic mass is 9.85. The molecule has 292 valence electrons. The summed E-state index contributed by atoms with van der Waals surface area (Å²) in [4.78, 5) is 0. The van der Waals surface area contributed by atoms with Gasteiger partial charge in [-0.15, -0.1) is 0 Å². The summed E-state index contributed by atoms with van der Waals surface area (Å²) in [6.07, 6.45) is 0. The quantitative estimate of drug-likeness (QED) is 0.125. The first-order valence-corrected chi connectivity index (χ1v) is 21.7. The van der Waals surface area contributed by atoms with Crippen LogP contribution in [0.3, 0.4) is 0 Å². The highest BCUT2D eigenvalue weighted by Crippen LogP contribution is 2.45. The summed E-state index contributed by atoms with van der Waals surface area (Å²) in [7, 11) is 0. The number of rotatable bonds is 5. The number of para-hydroxylation sites is 1. The van der Waals surface area contributed by atoms with Crippen LogP contribution in [0.2, 0.25) is 0 Å². The van der Waals surface area contributed by atoms with Crippen LogP contribution in [-0.4, -0.2) is 0 Å². The van der Waals surface area contributed by atoms with Gasteiger partial charge in [-0.1, -0.05) is 206 Å². The van der Waals surface area contributed by atoms with Gasteiger partial charge in [0, 0.05) is 10.8 Å². The van der Waals surface area contributed by atoms with Gasteiger partial charge in [-0.25, -0.2) is 0 Å². The van der Waals surface area contributed by atoms with Gasteiger partial charge in [0.25, 0.3) is 0 Å². The van der Waals surface area contributed by atoms with Gasteiger partial charge in [-0.3, -0.25) is 0 Å². The minimum atomic E-state index is 0.912. The summed E-state index contributed by atoms with van der Waals surface area (Å²) in [5.41, 5.74) is 14.0. The molecule has 1 nitrogen and oxygen atoms in total. The van der Waals surface area contributed by atoms with Gasteiger partial charge in [-0.2, -0.15) is 0 Å². The van der Waals surface area contributed by atoms with Crippen molar-refractivity contribution in [3.05, 3.63) is 231 Å². The third-order valence-electron chi connectivity index (χ3n) is 13.3. The molecule has 0 aliphatic rings. The maximum atomic E-state index is 6.33. The molecule has 1 heteroatoms. The second-order valence-electron chi connectivity index (χ2n) is 16.7. The molecular weight excluding hydrogens is 761 g/mol. The standard InChI is InChI=1S/C62H38O/c1-2-11-39(12-3-1)40-21-26-44(27-22-40)61-52-15-4-6-17-54(52)62(55-18-7-5-16-53(55)61)45-28-23-41(24-29-45)46-30-25-42-31-36-56-49(57(42)37-46)34-32-43-13-10-19-48(60(43)56)47-33-35-51-50-14-8-9-20-58(50)63-59(51)38-47/h1-38H. The molecule has 0 N–H and O–H groups in total. The Morgan fingerprint density at radius 2 is 0.698 bits per heavy atom. The lowest BCUT2D eigenvalue weighted by Gasteiger charge is -2.18. The molecule has 0 saturated carbocycles. The molecule has 0 atom stereocenters. The highest BCUT2D eigenvalue weighted by atomic mass is 16.3. The van der Waals surface area contributed by atoms with E-state index in [0.29, 0.717) is 0 Å². The number of furan rings is 1. The molecule has 0 radical (unpaired) electrons. The van der Waals surface area contributed by atoms with Gasteiger partial charge in [0.15, 0.2) is 0 Å². The predicted octanol–water partition coefficient (Wildman–Crippen LogP) is 17.7. The average Bonchev–Trinajstić information content (AvgIpc) is 3.73. The van der Waals surface area contributed by atoms with Crippen LogP contribution in [0.4, 0.5) is 0 Å². The zero-order valence-electron chi connectivity index (χ0n) is 34.3. The maximum Gasteiger partial charge on any atom is 0.136 e. The van der Waals surface area contributed by atoms with Gasteiger partial charge in [0.05, 0.1) is 0 Å². The molecule has 13 rings (SSSR count). The van der Waals surface area contributed by atoms with Crippen molar-refractivity contribution < 1.29 is 4.42 Å². The molecule has 63 heavy (non-hydrogen) atoms. The molecule has 0 fully saturated rings. The summed E-state index contributed by atoms with van der Waals surface area (Å²) in [5.74, 6) is 0. The topological polar surface area (TPSA) is 13.1 Å². The third kappa shape index (κ3) is 5.71. The monoisotopic (exact) mass is 798 g/mol. The second-order valence-corrected chi connectivity index (χ2v) is 16.7. The van der Waals surface area contributed by atoms with E-state index in [4.69, 9.17) is 4.42 Å². The first-order valence-electron chi connectivity index (χ1n) is 21.7. The first-order chi connectivity index (χ1) is 31.2. The van der Waals surface area contributed by atoms with Crippen molar-refractivity contribution in [1.29, 1.82) is 0 Å². The van der Waals surface area contributed by atoms with Crippen molar-refractivity contribution >= 4 is 75.8 Å². The average molecular weight is 799 g/mol. The Balaban J connectivity index is 0.907. The molecule has 0 aliphatic heterocycles. The Hall–Kier alpha value is -8.26. The highest BCUT2D eigenvalue weighted by Gasteiger charge is 2.18. The van der Waals surface area contributed by atoms with Crippen LogP contribution in [0.15, 0.2) is 235 Å². The SMILES string of the molecule is c1ccc(-c2ccc(-c3c4ccccc4c(-c4ccc(-c5ccc6ccc7c(ccc8cccc(-c9ccc%10c(c9)oc9ccccc9%10)c87)c6c5)cc4)c4ccccc34)cc2)cc1. The molecule has 0 saturated heterocycles. The van der Waals surface area contributed by atoms with Crippen LogP contribution in [0.1, 0.15) is 0 Å². The summed E-state index contributed by atoms with van der Waals surface area (Å²) < 4.78 is 6.33. The smallest absolute Gasteiger partial charge is 0.136 e. The van der Waals surface area contributed by atoms with E-state index < -0.39 is 0 Å². The number of fused-ring (bicyclic) bond motifs is 10. The molecule has 1 heterocycles. The van der Waals surface area contributed by atoms with E-state index in [9.17, 15) is 0 Å². The Morgan fingerprint density at radius 3 is 1.38 bits per heavy atom. The Labute approximate surface area is 364 Å². The molecule has 12 aromatic carbocycles. The largest absolute Gasteiger partial charge is 0.456 e. The maximum absolute atomic E-state index is 6.33. The van der Waals surface area contributed by atoms with Gasteiger partial charge < -0.3 is 4.42 Å². The lowest BCUT2D eigenvalue weighted by molar-refractivity contribution is 0.669. The van der Waals surface area contributed by atoms with Crippen LogP contribution in [0.5, 0.6) is 0 Å². The van der Waals surface area contributed by atoms with Crippen LogP contribution >= 0.6 is 0 Å². The summed E-state index contributed by atoms with van der Waals surface area (Å²) in [6.45, 7) is 0. The fourth-order valence-corrected chi connectivity index (χ4v) is 10.3. The van der Waals surface area contributed by atoms with Crippen LogP contribution in [0.25, 0.3) is 131 Å². The molecule has 13 aromatic rings. The van der Waals surface area contributed by atoms with Crippen LogP contribution < -0.4 is 0 Å². The van der Waals surface area contributed by atoms with E-state index in [-0.39, 0.29) is 0 Å². The number of hydrogen-bond acceptors (Lipinski definition) is 1. The predicted molar refractivity (Wildman–Crippen MR) is 268 cm³/mol. The first kappa shape index (κ1) is 35.5. The Bertz CT molecular complexity index is 3870. The number of benzene rings is 12. The fraction of sp³-hybridized carbons (Fsp3) is 0. The summed E-state index contributed by atoms with van der Waals surface area (Å²) in [5, 5.41) is 14.8. The van der Waals surface area contributed by atoms with Crippen molar-refractivity contribution in [3.8, 4) is 55.6 Å². The summed E-state index contributed by atoms with van der Waals surface area (Å²) >= 11 is 0. The zero-order valence-corrected chi connectivity index (χ0v) is 34.3. The van der Waals surface area contributed by atoms with Gasteiger partial charge in [-0.05, 0) is 134 Å². The zero-order chi connectivity index (χ0) is 41.4. The van der Waals surface area contributed by atoms with E-state index in [2.05, 4.69) is 218 Å². The van der Waals surface area contributed by atoms with Gasteiger partial charge in [0.2, 0.25) is 0 Å². The Morgan fingerprint density at radius 1 is 0.222 bits per heavy atom. The minimum absolute atomic E-state index is 0.912. The molecule has 1 aromatic heterocycles. The van der Waals surface area contributed by atoms with E-state index in [1.807, 2.05) is 12.1 Å². The normalized spacial score (nSPS) is 11.8. The molecule has 0 aliphatic carbocycles. The molecular formula is C62H38O. The Kier molecular flexibility index (Phi) is 7.98. The van der Waals surface area contributed by atoms with E-state index in [0.717, 1.165) is 27.5 Å². The summed E-state index contributed by atoms with van der Waals surface area (Å²) in [6, 6.07) is 84.3. The van der Waals surface area contributed by atoms with E-state index in [1.165, 1.54) is 104 Å². The van der Waals surface area contributed by atoms with Crippen molar-refractivity contribution in [2.24, 2.45) is 0 Å². The van der Waals surface area contributed by atoms with Crippen LogP contribution in [0, 0.1) is 0 Å². The molecule has 0 amide bonds. The lowest BCUT2D eigenvalue weighted by Crippen LogP contribution is -1.91. The minimum Gasteiger partial charge on any atom is -0.456 e. The van der Waals surface area contributed by atoms with Crippen molar-refractivity contribution in [2.75, 3.05) is 0 Å².